The number of hydrogen-bond acceptors (Lipinski definition) is 2. The molecule has 0 fully saturated rings. The minimum absolute atomic E-state index is 0.117. The quantitative estimate of drug-likeness (QED) is 0.252. The molecule has 0 amide bonds. The number of halogens is 2. The summed E-state index contributed by atoms with van der Waals surface area (Å²) in [6.07, 6.45) is 6.06. The second-order valence-electron chi connectivity index (χ2n) is 8.26. The fourth-order valence-corrected chi connectivity index (χ4v) is 4.21. The Bertz CT molecular complexity index is 1450. The Balaban J connectivity index is 1.77. The molecule has 4 rings (SSSR count). The predicted octanol–water partition coefficient (Wildman–Crippen LogP) is 7.60. The van der Waals surface area contributed by atoms with Gasteiger partial charge in [0.2, 0.25) is 0 Å². The molecular weight excluding hydrogens is 463 g/mol. The summed E-state index contributed by atoms with van der Waals surface area (Å²) in [6, 6.07) is 19.2. The number of rotatable bonds is 8. The van der Waals surface area contributed by atoms with Gasteiger partial charge < -0.3 is 10.1 Å². The number of allylic oxidation sites excluding steroid dienone is 5. The van der Waals surface area contributed by atoms with Crippen LogP contribution in [0.4, 0.5) is 4.39 Å². The predicted molar refractivity (Wildman–Crippen MR) is 139 cm³/mol. The highest BCUT2D eigenvalue weighted by molar-refractivity contribution is 6.31. The van der Waals surface area contributed by atoms with Crippen molar-refractivity contribution in [2.75, 3.05) is 0 Å². The Hall–Kier alpha value is -3.96. The minimum Gasteiger partial charge on any atom is -0.478 e. The molecule has 1 aromatic heterocycles. The van der Waals surface area contributed by atoms with Crippen LogP contribution < -0.4 is 0 Å². The first-order valence-electron chi connectivity index (χ1n) is 11.1. The van der Waals surface area contributed by atoms with Crippen molar-refractivity contribution in [3.8, 4) is 0 Å². The molecule has 0 saturated heterocycles. The summed E-state index contributed by atoms with van der Waals surface area (Å²) in [4.78, 5) is 19.7. The highest BCUT2D eigenvalue weighted by atomic mass is 35.5. The largest absolute Gasteiger partial charge is 0.478 e. The van der Waals surface area contributed by atoms with E-state index in [1.54, 1.807) is 24.3 Å². The van der Waals surface area contributed by atoms with E-state index in [1.807, 2.05) is 37.3 Å². The van der Waals surface area contributed by atoms with Gasteiger partial charge in [-0.25, -0.2) is 14.2 Å². The van der Waals surface area contributed by atoms with Gasteiger partial charge in [0.25, 0.3) is 0 Å². The van der Waals surface area contributed by atoms with Crippen molar-refractivity contribution in [3.63, 3.8) is 0 Å². The van der Waals surface area contributed by atoms with Crippen LogP contribution in [0.2, 0.25) is 5.02 Å². The van der Waals surface area contributed by atoms with Crippen molar-refractivity contribution >= 4 is 34.2 Å². The minimum atomic E-state index is -1.04. The Kier molecular flexibility index (Phi) is 7.28. The van der Waals surface area contributed by atoms with Crippen LogP contribution in [-0.2, 0) is 6.42 Å². The average Bonchev–Trinajstić information content (AvgIpc) is 3.26. The smallest absolute Gasteiger partial charge is 0.336 e. The van der Waals surface area contributed by atoms with Crippen LogP contribution in [0.1, 0.15) is 40.2 Å². The van der Waals surface area contributed by atoms with Gasteiger partial charge in [0.1, 0.15) is 11.6 Å². The SMILES string of the molecule is C=C/C(=C\C=C(/C)C(Cc1ccccc1)c1nc2ccc(F)cc2[nH]1)c1cc(Cl)ccc1C(=O)O. The molecule has 0 aliphatic heterocycles. The monoisotopic (exact) mass is 486 g/mol. The molecule has 0 spiro atoms. The van der Waals surface area contributed by atoms with Gasteiger partial charge in [-0.1, -0.05) is 72.3 Å². The third-order valence-electron chi connectivity index (χ3n) is 5.89. The van der Waals surface area contributed by atoms with Gasteiger partial charge in [-0.3, -0.25) is 0 Å². The van der Waals surface area contributed by atoms with Crippen LogP contribution in [0, 0.1) is 5.82 Å². The number of aromatic amines is 1. The van der Waals surface area contributed by atoms with Gasteiger partial charge >= 0.3 is 5.97 Å². The molecule has 176 valence electrons. The first kappa shape index (κ1) is 24.2. The van der Waals surface area contributed by atoms with Crippen LogP contribution >= 0.6 is 11.6 Å². The van der Waals surface area contributed by atoms with E-state index in [1.165, 1.54) is 18.2 Å². The third kappa shape index (κ3) is 5.58. The Morgan fingerprint density at radius 1 is 1.11 bits per heavy atom. The van der Waals surface area contributed by atoms with Gasteiger partial charge in [-0.05, 0) is 66.4 Å². The highest BCUT2D eigenvalue weighted by Crippen LogP contribution is 2.30. The molecule has 3 aromatic carbocycles. The fourth-order valence-electron chi connectivity index (χ4n) is 4.04. The maximum atomic E-state index is 13.8. The Morgan fingerprint density at radius 2 is 1.89 bits per heavy atom. The molecule has 0 radical (unpaired) electrons. The lowest BCUT2D eigenvalue weighted by atomic mass is 9.91. The van der Waals surface area contributed by atoms with Crippen LogP contribution in [0.15, 0.2) is 97.1 Å². The van der Waals surface area contributed by atoms with Gasteiger partial charge in [0.05, 0.1) is 16.6 Å². The highest BCUT2D eigenvalue weighted by Gasteiger charge is 2.19. The number of benzene rings is 3. The molecule has 0 saturated carbocycles. The average molecular weight is 487 g/mol. The van der Waals surface area contributed by atoms with Crippen molar-refractivity contribution in [1.82, 2.24) is 9.97 Å². The van der Waals surface area contributed by atoms with Crippen molar-refractivity contribution in [3.05, 3.63) is 130 Å². The molecule has 0 bridgehead atoms. The van der Waals surface area contributed by atoms with Crippen LogP contribution in [0.3, 0.4) is 0 Å². The third-order valence-corrected chi connectivity index (χ3v) is 6.13. The summed E-state index contributed by atoms with van der Waals surface area (Å²) >= 11 is 6.15. The molecule has 0 aliphatic rings. The van der Waals surface area contributed by atoms with Gasteiger partial charge in [0.15, 0.2) is 0 Å². The lowest BCUT2D eigenvalue weighted by molar-refractivity contribution is 0.0696. The van der Waals surface area contributed by atoms with Crippen molar-refractivity contribution in [2.24, 2.45) is 0 Å². The Labute approximate surface area is 208 Å². The van der Waals surface area contributed by atoms with E-state index in [2.05, 4.69) is 23.7 Å². The normalized spacial score (nSPS) is 13.1. The summed E-state index contributed by atoms with van der Waals surface area (Å²) in [6.45, 7) is 5.86. The molecule has 4 aromatic rings. The maximum Gasteiger partial charge on any atom is 0.336 e. The first-order valence-corrected chi connectivity index (χ1v) is 11.5. The number of hydrogen-bond donors (Lipinski definition) is 2. The van der Waals surface area contributed by atoms with Gasteiger partial charge in [-0.15, -0.1) is 0 Å². The molecule has 0 aliphatic carbocycles. The molecule has 1 heterocycles. The lowest BCUT2D eigenvalue weighted by Crippen LogP contribution is -2.07. The zero-order valence-corrected chi connectivity index (χ0v) is 19.9. The number of fused-ring (bicyclic) bond motifs is 1. The summed E-state index contributed by atoms with van der Waals surface area (Å²) in [5.74, 6) is -0.755. The Morgan fingerprint density at radius 3 is 2.60 bits per heavy atom. The number of aromatic carboxylic acids is 1. The molecule has 2 N–H and O–H groups in total. The lowest BCUT2D eigenvalue weighted by Gasteiger charge is -2.16. The summed E-state index contributed by atoms with van der Waals surface area (Å²) in [5.41, 5.74) is 4.72. The van der Waals surface area contributed by atoms with Crippen LogP contribution in [-0.4, -0.2) is 21.0 Å². The molecule has 1 unspecified atom stereocenters. The number of imidazole rings is 1. The van der Waals surface area contributed by atoms with E-state index >= 15 is 0 Å². The number of aromatic nitrogens is 2. The number of H-pyrrole nitrogens is 1. The number of carboxylic acids is 1. The second kappa shape index (κ2) is 10.5. The summed E-state index contributed by atoms with van der Waals surface area (Å²) < 4.78 is 13.8. The van der Waals surface area contributed by atoms with E-state index in [9.17, 15) is 14.3 Å². The number of carboxylic acid groups (broad SMARTS) is 1. The number of carbonyl (C=O) groups is 1. The molecule has 1 atom stereocenters. The topological polar surface area (TPSA) is 66.0 Å². The molecule has 35 heavy (non-hydrogen) atoms. The molecular formula is C29H24ClFN2O2. The van der Waals surface area contributed by atoms with Crippen LogP contribution in [0.25, 0.3) is 16.6 Å². The second-order valence-corrected chi connectivity index (χ2v) is 8.69. The van der Waals surface area contributed by atoms with E-state index in [-0.39, 0.29) is 17.3 Å². The van der Waals surface area contributed by atoms with E-state index in [4.69, 9.17) is 16.6 Å². The summed E-state index contributed by atoms with van der Waals surface area (Å²) in [7, 11) is 0. The van der Waals surface area contributed by atoms with Gasteiger partial charge in [0, 0.05) is 10.9 Å². The zero-order valence-electron chi connectivity index (χ0n) is 19.1. The van der Waals surface area contributed by atoms with E-state index in [0.29, 0.717) is 33.6 Å². The van der Waals surface area contributed by atoms with Crippen LogP contribution in [0.5, 0.6) is 0 Å². The first-order chi connectivity index (χ1) is 16.9. The maximum absolute atomic E-state index is 13.8. The molecule has 4 nitrogen and oxygen atoms in total. The molecule has 6 heteroatoms. The zero-order chi connectivity index (χ0) is 24.9. The number of nitrogens with zero attached hydrogens (tertiary/aromatic N) is 1. The fraction of sp³-hybridized carbons (Fsp3) is 0.103. The standard InChI is InChI=1S/C29H24ClFN2O2/c1-3-20(25-16-21(30)11-13-23(25)29(34)35)10-9-18(2)24(15-19-7-5-4-6-8-19)28-32-26-14-12-22(31)17-27(26)33-28/h3-14,16-17,24H,1,15H2,2H3,(H,32,33)(H,34,35)/b18-9+,20-10+. The van der Waals surface area contributed by atoms with E-state index in [0.717, 1.165) is 17.0 Å². The van der Waals surface area contributed by atoms with Crippen molar-refractivity contribution < 1.29 is 14.3 Å². The van der Waals surface area contributed by atoms with Gasteiger partial charge in [-0.2, -0.15) is 0 Å². The number of nitrogens with one attached hydrogen (secondary N) is 1. The van der Waals surface area contributed by atoms with Crippen molar-refractivity contribution in [1.29, 1.82) is 0 Å². The van der Waals surface area contributed by atoms with E-state index < -0.39 is 5.97 Å². The summed E-state index contributed by atoms with van der Waals surface area (Å²) in [5, 5.41) is 10.0. The van der Waals surface area contributed by atoms with Crippen molar-refractivity contribution in [2.45, 2.75) is 19.3 Å².